The zero-order valence-corrected chi connectivity index (χ0v) is 12.6. The number of benzene rings is 1. The molecule has 1 aliphatic rings. The van der Waals surface area contributed by atoms with Gasteiger partial charge in [0.25, 0.3) is 5.91 Å². The Labute approximate surface area is 126 Å². The fraction of sp³-hybridized carbons (Fsp3) is 0.250. The van der Waals surface area contributed by atoms with E-state index in [1.807, 2.05) is 44.2 Å². The number of hydrogen-bond acceptors (Lipinski definition) is 3. The number of carboxylic acid groups (broad SMARTS) is 1. The first-order valence-corrected chi connectivity index (χ1v) is 7.52. The van der Waals surface area contributed by atoms with Crippen LogP contribution in [0, 0.1) is 13.8 Å². The van der Waals surface area contributed by atoms with Gasteiger partial charge in [0.05, 0.1) is 4.88 Å². The number of carboxylic acids is 1. The van der Waals surface area contributed by atoms with Gasteiger partial charge in [-0.1, -0.05) is 18.2 Å². The van der Waals surface area contributed by atoms with Crippen molar-refractivity contribution in [3.05, 3.63) is 51.2 Å². The van der Waals surface area contributed by atoms with Crippen molar-refractivity contribution in [2.24, 2.45) is 0 Å². The Kier molecular flexibility index (Phi) is 3.29. The molecule has 108 valence electrons. The first-order valence-electron chi connectivity index (χ1n) is 6.70. The van der Waals surface area contributed by atoms with Gasteiger partial charge in [-0.2, -0.15) is 0 Å². The van der Waals surface area contributed by atoms with Crippen molar-refractivity contribution in [2.45, 2.75) is 26.3 Å². The van der Waals surface area contributed by atoms with Crippen molar-refractivity contribution in [3.8, 4) is 0 Å². The van der Waals surface area contributed by atoms with E-state index in [4.69, 9.17) is 0 Å². The third kappa shape index (κ3) is 2.23. The van der Waals surface area contributed by atoms with Crippen LogP contribution >= 0.6 is 11.3 Å². The molecule has 0 spiro atoms. The number of aliphatic carboxylic acids is 1. The monoisotopic (exact) mass is 301 g/mol. The minimum atomic E-state index is -0.968. The van der Waals surface area contributed by atoms with Crippen LogP contribution in [0.15, 0.2) is 30.3 Å². The summed E-state index contributed by atoms with van der Waals surface area (Å²) >= 11 is 1.41. The van der Waals surface area contributed by atoms with Gasteiger partial charge in [0.15, 0.2) is 0 Å². The minimum Gasteiger partial charge on any atom is -0.480 e. The highest BCUT2D eigenvalue weighted by Gasteiger charge is 2.39. The fourth-order valence-electron chi connectivity index (χ4n) is 2.63. The molecule has 2 heterocycles. The van der Waals surface area contributed by atoms with Gasteiger partial charge < -0.3 is 5.11 Å². The molecule has 1 unspecified atom stereocenters. The average molecular weight is 301 g/mol. The maximum absolute atomic E-state index is 12.8. The van der Waals surface area contributed by atoms with E-state index in [-0.39, 0.29) is 5.91 Å². The predicted molar refractivity (Wildman–Crippen MR) is 82.2 cm³/mol. The maximum Gasteiger partial charge on any atom is 0.327 e. The number of thiophene rings is 1. The van der Waals surface area contributed by atoms with E-state index < -0.39 is 12.0 Å². The Morgan fingerprint density at radius 3 is 2.62 bits per heavy atom. The number of para-hydroxylation sites is 1. The van der Waals surface area contributed by atoms with E-state index in [0.29, 0.717) is 17.0 Å². The number of aryl methyl sites for hydroxylation is 2. The summed E-state index contributed by atoms with van der Waals surface area (Å²) in [7, 11) is 0. The van der Waals surface area contributed by atoms with Crippen LogP contribution in [0.1, 0.15) is 25.7 Å². The highest BCUT2D eigenvalue weighted by Crippen LogP contribution is 2.34. The van der Waals surface area contributed by atoms with Crippen LogP contribution in [0.5, 0.6) is 0 Å². The largest absolute Gasteiger partial charge is 0.480 e. The molecule has 3 rings (SSSR count). The van der Waals surface area contributed by atoms with E-state index in [1.54, 1.807) is 0 Å². The summed E-state index contributed by atoms with van der Waals surface area (Å²) in [5, 5.41) is 9.42. The van der Waals surface area contributed by atoms with Crippen LogP contribution in [0.25, 0.3) is 0 Å². The fourth-order valence-corrected chi connectivity index (χ4v) is 3.60. The molecule has 1 aromatic heterocycles. The SMILES string of the molecule is Cc1cc(C(=O)N2c3ccccc3CC2C(=O)O)sc1C. The zero-order chi connectivity index (χ0) is 15.1. The summed E-state index contributed by atoms with van der Waals surface area (Å²) in [5.41, 5.74) is 2.67. The highest BCUT2D eigenvalue weighted by atomic mass is 32.1. The van der Waals surface area contributed by atoms with E-state index in [1.165, 1.54) is 16.2 Å². The van der Waals surface area contributed by atoms with Gasteiger partial charge in [0, 0.05) is 17.0 Å². The van der Waals surface area contributed by atoms with Gasteiger partial charge in [0.1, 0.15) is 6.04 Å². The van der Waals surface area contributed by atoms with Crippen LogP contribution < -0.4 is 4.90 Å². The molecule has 1 aliphatic heterocycles. The van der Waals surface area contributed by atoms with E-state index in [0.717, 1.165) is 16.0 Å². The van der Waals surface area contributed by atoms with Crippen LogP contribution in [0.2, 0.25) is 0 Å². The number of nitrogens with zero attached hydrogens (tertiary/aromatic N) is 1. The average Bonchev–Trinajstić information content (AvgIpc) is 2.99. The first-order chi connectivity index (χ1) is 9.99. The molecule has 4 nitrogen and oxygen atoms in total. The second-order valence-electron chi connectivity index (χ2n) is 5.21. The summed E-state index contributed by atoms with van der Waals surface area (Å²) < 4.78 is 0. The number of hydrogen-bond donors (Lipinski definition) is 1. The third-order valence-corrected chi connectivity index (χ3v) is 5.00. The number of carbonyl (C=O) groups excluding carboxylic acids is 1. The van der Waals surface area contributed by atoms with Crippen LogP contribution in [-0.2, 0) is 11.2 Å². The molecular weight excluding hydrogens is 286 g/mol. The Bertz CT molecular complexity index is 715. The van der Waals surface area contributed by atoms with Gasteiger partial charge in [-0.3, -0.25) is 9.69 Å². The summed E-state index contributed by atoms with van der Waals surface area (Å²) in [4.78, 5) is 27.4. The summed E-state index contributed by atoms with van der Waals surface area (Å²) in [6, 6.07) is 8.40. The van der Waals surface area contributed by atoms with E-state index in [9.17, 15) is 14.7 Å². The smallest absolute Gasteiger partial charge is 0.327 e. The second kappa shape index (κ2) is 5.00. The number of carbonyl (C=O) groups is 2. The quantitative estimate of drug-likeness (QED) is 0.927. The van der Waals surface area contributed by atoms with Crippen molar-refractivity contribution >= 4 is 28.9 Å². The Balaban J connectivity index is 2.05. The van der Waals surface area contributed by atoms with Gasteiger partial charge >= 0.3 is 5.97 Å². The standard InChI is InChI=1S/C16H15NO3S/c1-9-7-14(21-10(9)2)15(18)17-12-6-4-3-5-11(12)8-13(17)16(19)20/h3-7,13H,8H2,1-2H3,(H,19,20). The summed E-state index contributed by atoms with van der Waals surface area (Å²) in [5.74, 6) is -1.20. The first kappa shape index (κ1) is 13.8. The predicted octanol–water partition coefficient (Wildman–Crippen LogP) is 3.02. The lowest BCUT2D eigenvalue weighted by Gasteiger charge is -2.21. The molecule has 1 aromatic carbocycles. The normalized spacial score (nSPS) is 16.9. The summed E-state index contributed by atoms with van der Waals surface area (Å²) in [6.07, 6.45) is 0.362. The molecule has 0 aliphatic carbocycles. The molecule has 0 radical (unpaired) electrons. The van der Waals surface area contributed by atoms with E-state index in [2.05, 4.69) is 0 Å². The molecule has 0 saturated carbocycles. The Hall–Kier alpha value is -2.14. The second-order valence-corrected chi connectivity index (χ2v) is 6.47. The third-order valence-electron chi connectivity index (χ3n) is 3.86. The lowest BCUT2D eigenvalue weighted by Crippen LogP contribution is -2.42. The van der Waals surface area contributed by atoms with Crippen molar-refractivity contribution in [1.29, 1.82) is 0 Å². The van der Waals surface area contributed by atoms with Gasteiger partial charge in [-0.15, -0.1) is 11.3 Å². The van der Waals surface area contributed by atoms with Gasteiger partial charge in [-0.05, 0) is 37.1 Å². The Morgan fingerprint density at radius 2 is 2.00 bits per heavy atom. The lowest BCUT2D eigenvalue weighted by molar-refractivity contribution is -0.138. The summed E-state index contributed by atoms with van der Waals surface area (Å²) in [6.45, 7) is 3.92. The zero-order valence-electron chi connectivity index (χ0n) is 11.8. The molecule has 5 heteroatoms. The van der Waals surface area contributed by atoms with Crippen LogP contribution in [0.3, 0.4) is 0 Å². The molecule has 1 N–H and O–H groups in total. The van der Waals surface area contributed by atoms with Crippen molar-refractivity contribution in [3.63, 3.8) is 0 Å². The molecule has 0 saturated heterocycles. The lowest BCUT2D eigenvalue weighted by atomic mass is 10.1. The van der Waals surface area contributed by atoms with Crippen molar-refractivity contribution in [1.82, 2.24) is 0 Å². The number of rotatable bonds is 2. The maximum atomic E-state index is 12.8. The molecule has 1 amide bonds. The number of amides is 1. The molecule has 2 aromatic rings. The van der Waals surface area contributed by atoms with Crippen LogP contribution in [0.4, 0.5) is 5.69 Å². The van der Waals surface area contributed by atoms with Gasteiger partial charge in [0.2, 0.25) is 0 Å². The molecule has 1 atom stereocenters. The molecule has 0 bridgehead atoms. The van der Waals surface area contributed by atoms with E-state index >= 15 is 0 Å². The minimum absolute atomic E-state index is 0.228. The van der Waals surface area contributed by atoms with Gasteiger partial charge in [-0.25, -0.2) is 4.79 Å². The topological polar surface area (TPSA) is 57.6 Å². The Morgan fingerprint density at radius 1 is 1.29 bits per heavy atom. The number of fused-ring (bicyclic) bond motifs is 1. The number of anilines is 1. The van der Waals surface area contributed by atoms with Crippen LogP contribution in [-0.4, -0.2) is 23.0 Å². The molecule has 0 fully saturated rings. The molecule has 21 heavy (non-hydrogen) atoms. The molecular formula is C16H15NO3S. The highest BCUT2D eigenvalue weighted by molar-refractivity contribution is 7.14. The van der Waals surface area contributed by atoms with Crippen molar-refractivity contribution < 1.29 is 14.7 Å². The van der Waals surface area contributed by atoms with Crippen molar-refractivity contribution in [2.75, 3.05) is 4.90 Å².